The normalized spacial score (nSPS) is 10.3. The lowest BCUT2D eigenvalue weighted by Gasteiger charge is -2.08. The van der Waals surface area contributed by atoms with Gasteiger partial charge in [-0.05, 0) is 55.0 Å². The molecule has 0 aromatic heterocycles. The SMILES string of the molecule is O=C(CCCC(=O)OCC(=O)c1ccc(Cl)cc1)Nc1ccc(C(=O)OCC(=O)c2cccc([N+](=O)[O-])c2)cc1. The van der Waals surface area contributed by atoms with Crippen molar-refractivity contribution < 1.29 is 38.4 Å². The molecule has 3 aromatic carbocycles. The summed E-state index contributed by atoms with van der Waals surface area (Å²) in [4.78, 5) is 70.7. The highest BCUT2D eigenvalue weighted by Crippen LogP contribution is 2.15. The van der Waals surface area contributed by atoms with Gasteiger partial charge in [0.1, 0.15) is 0 Å². The second kappa shape index (κ2) is 14.3. The molecule has 40 heavy (non-hydrogen) atoms. The van der Waals surface area contributed by atoms with E-state index in [1.807, 2.05) is 0 Å². The van der Waals surface area contributed by atoms with Gasteiger partial charge in [0, 0.05) is 46.8 Å². The highest BCUT2D eigenvalue weighted by molar-refractivity contribution is 6.30. The van der Waals surface area contributed by atoms with Gasteiger partial charge in [-0.2, -0.15) is 0 Å². The van der Waals surface area contributed by atoms with Crippen LogP contribution in [0.15, 0.2) is 72.8 Å². The maximum Gasteiger partial charge on any atom is 0.338 e. The average Bonchev–Trinajstić information content (AvgIpc) is 2.95. The number of nitro benzene ring substituents is 1. The monoisotopic (exact) mass is 566 g/mol. The van der Waals surface area contributed by atoms with Crippen molar-refractivity contribution in [3.05, 3.63) is 105 Å². The summed E-state index contributed by atoms with van der Waals surface area (Å²) in [6.07, 6.45) is 0.160. The number of nitrogens with one attached hydrogen (secondary N) is 1. The van der Waals surface area contributed by atoms with E-state index in [2.05, 4.69) is 5.32 Å². The largest absolute Gasteiger partial charge is 0.457 e. The third-order valence-corrected chi connectivity index (χ3v) is 5.68. The molecule has 12 heteroatoms. The maximum absolute atomic E-state index is 12.2. The van der Waals surface area contributed by atoms with Gasteiger partial charge in [-0.15, -0.1) is 0 Å². The number of esters is 2. The minimum absolute atomic E-state index is 0.0176. The molecule has 206 valence electrons. The van der Waals surface area contributed by atoms with Gasteiger partial charge in [0.15, 0.2) is 19.0 Å². The number of benzene rings is 3. The number of halogens is 1. The summed E-state index contributed by atoms with van der Waals surface area (Å²) >= 11 is 5.77. The molecular weight excluding hydrogens is 544 g/mol. The first-order chi connectivity index (χ1) is 19.1. The van der Waals surface area contributed by atoms with Crippen molar-refractivity contribution in [2.75, 3.05) is 18.5 Å². The Morgan fingerprint density at radius 2 is 1.40 bits per heavy atom. The number of hydrogen-bond donors (Lipinski definition) is 1. The molecule has 0 saturated carbocycles. The third kappa shape index (κ3) is 9.14. The molecule has 0 spiro atoms. The molecule has 1 amide bonds. The smallest absolute Gasteiger partial charge is 0.338 e. The fraction of sp³-hybridized carbons (Fsp3) is 0.179. The van der Waals surface area contributed by atoms with Crippen LogP contribution in [0, 0.1) is 10.1 Å². The molecule has 0 atom stereocenters. The number of amides is 1. The summed E-state index contributed by atoms with van der Waals surface area (Å²) < 4.78 is 9.94. The molecule has 11 nitrogen and oxygen atoms in total. The predicted octanol–water partition coefficient (Wildman–Crippen LogP) is 4.82. The topological polar surface area (TPSA) is 159 Å². The Morgan fingerprint density at radius 1 is 0.775 bits per heavy atom. The molecule has 3 rings (SSSR count). The number of hydrogen-bond acceptors (Lipinski definition) is 9. The van der Waals surface area contributed by atoms with Crippen molar-refractivity contribution in [1.82, 2.24) is 0 Å². The van der Waals surface area contributed by atoms with Crippen molar-refractivity contribution in [2.24, 2.45) is 0 Å². The lowest BCUT2D eigenvalue weighted by molar-refractivity contribution is -0.384. The van der Waals surface area contributed by atoms with Crippen LogP contribution in [-0.2, 0) is 19.1 Å². The van der Waals surface area contributed by atoms with Gasteiger partial charge in [-0.25, -0.2) is 4.79 Å². The molecule has 0 heterocycles. The minimum Gasteiger partial charge on any atom is -0.457 e. The molecular formula is C28H23ClN2O9. The molecule has 0 aliphatic carbocycles. The van der Waals surface area contributed by atoms with Gasteiger partial charge < -0.3 is 14.8 Å². The number of non-ortho nitro benzene ring substituents is 1. The number of nitrogens with zero attached hydrogens (tertiary/aromatic N) is 1. The van der Waals surface area contributed by atoms with Crippen LogP contribution in [0.4, 0.5) is 11.4 Å². The van der Waals surface area contributed by atoms with Gasteiger partial charge >= 0.3 is 11.9 Å². The summed E-state index contributed by atoms with van der Waals surface area (Å²) in [6.45, 7) is -1.01. The summed E-state index contributed by atoms with van der Waals surface area (Å²) in [5.74, 6) is -2.74. The van der Waals surface area contributed by atoms with Crippen LogP contribution in [0.1, 0.15) is 50.3 Å². The average molecular weight is 567 g/mol. The van der Waals surface area contributed by atoms with Crippen LogP contribution < -0.4 is 5.32 Å². The lowest BCUT2D eigenvalue weighted by Crippen LogP contribution is -2.16. The predicted molar refractivity (Wildman–Crippen MR) is 143 cm³/mol. The Morgan fingerprint density at radius 3 is 2.08 bits per heavy atom. The Bertz CT molecular complexity index is 1420. The number of carbonyl (C=O) groups excluding carboxylic acids is 5. The summed E-state index contributed by atoms with van der Waals surface area (Å²) in [5, 5.41) is 14.0. The molecule has 0 radical (unpaired) electrons. The molecule has 1 N–H and O–H groups in total. The molecule has 0 aliphatic rings. The van der Waals surface area contributed by atoms with Crippen LogP contribution in [-0.4, -0.2) is 47.5 Å². The molecule has 0 unspecified atom stereocenters. The molecule has 0 aliphatic heterocycles. The zero-order valence-electron chi connectivity index (χ0n) is 21.0. The first-order valence-corrected chi connectivity index (χ1v) is 12.3. The van der Waals surface area contributed by atoms with E-state index in [-0.39, 0.29) is 47.8 Å². The van der Waals surface area contributed by atoms with Crippen LogP contribution in [0.5, 0.6) is 0 Å². The number of nitro groups is 1. The molecule has 0 saturated heterocycles. The van der Waals surface area contributed by atoms with Crippen LogP contribution in [0.25, 0.3) is 0 Å². The Hall–Kier alpha value is -4.90. The van der Waals surface area contributed by atoms with Gasteiger partial charge in [0.05, 0.1) is 10.5 Å². The number of anilines is 1. The van der Waals surface area contributed by atoms with E-state index in [9.17, 15) is 34.1 Å². The van der Waals surface area contributed by atoms with Crippen LogP contribution in [0.3, 0.4) is 0 Å². The summed E-state index contributed by atoms with van der Waals surface area (Å²) in [6, 6.07) is 17.0. The first-order valence-electron chi connectivity index (χ1n) is 11.9. The molecule has 0 bridgehead atoms. The number of rotatable bonds is 13. The van der Waals surface area contributed by atoms with Gasteiger partial charge in [0.2, 0.25) is 11.7 Å². The second-order valence-electron chi connectivity index (χ2n) is 8.38. The number of Topliss-reactive ketones (excluding diaryl/α,β-unsaturated/α-hetero) is 2. The van der Waals surface area contributed by atoms with E-state index < -0.39 is 35.9 Å². The van der Waals surface area contributed by atoms with E-state index in [4.69, 9.17) is 21.1 Å². The van der Waals surface area contributed by atoms with Crippen LogP contribution in [0.2, 0.25) is 5.02 Å². The van der Waals surface area contributed by atoms with Crippen molar-refractivity contribution in [3.8, 4) is 0 Å². The Balaban J connectivity index is 1.36. The zero-order chi connectivity index (χ0) is 29.1. The van der Waals surface area contributed by atoms with Crippen molar-refractivity contribution >= 4 is 52.4 Å². The maximum atomic E-state index is 12.2. The number of ether oxygens (including phenoxy) is 2. The van der Waals surface area contributed by atoms with Gasteiger partial charge in [-0.1, -0.05) is 23.7 Å². The van der Waals surface area contributed by atoms with Crippen molar-refractivity contribution in [3.63, 3.8) is 0 Å². The first kappa shape index (κ1) is 29.7. The zero-order valence-corrected chi connectivity index (χ0v) is 21.7. The van der Waals surface area contributed by atoms with Gasteiger partial charge in [0.25, 0.3) is 5.69 Å². The Labute approximate surface area is 233 Å². The van der Waals surface area contributed by atoms with Gasteiger partial charge in [-0.3, -0.25) is 29.3 Å². The van der Waals surface area contributed by atoms with Crippen LogP contribution >= 0.6 is 11.6 Å². The third-order valence-electron chi connectivity index (χ3n) is 5.43. The van der Waals surface area contributed by atoms with E-state index in [1.54, 1.807) is 12.1 Å². The number of carbonyl (C=O) groups is 5. The molecule has 3 aromatic rings. The fourth-order valence-electron chi connectivity index (χ4n) is 3.33. The Kier molecular flexibility index (Phi) is 10.6. The highest BCUT2D eigenvalue weighted by Gasteiger charge is 2.15. The van der Waals surface area contributed by atoms with E-state index in [0.717, 1.165) is 6.07 Å². The second-order valence-corrected chi connectivity index (χ2v) is 8.81. The quantitative estimate of drug-likeness (QED) is 0.132. The fourth-order valence-corrected chi connectivity index (χ4v) is 3.46. The van der Waals surface area contributed by atoms with Crippen molar-refractivity contribution in [1.29, 1.82) is 0 Å². The highest BCUT2D eigenvalue weighted by atomic mass is 35.5. The van der Waals surface area contributed by atoms with E-state index in [0.29, 0.717) is 16.3 Å². The summed E-state index contributed by atoms with van der Waals surface area (Å²) in [5.41, 5.74) is 0.673. The lowest BCUT2D eigenvalue weighted by atomic mass is 10.1. The molecule has 0 fully saturated rings. The number of ketones is 2. The standard InChI is InChI=1S/C28H23ClN2O9/c29-21-11-7-18(8-12-21)24(32)16-39-27(35)6-2-5-26(34)30-22-13-9-19(10-14-22)28(36)40-17-25(33)20-3-1-4-23(15-20)31(37)38/h1,3-4,7-15H,2,5-6,16-17H2,(H,30,34). The van der Waals surface area contributed by atoms with E-state index in [1.165, 1.54) is 54.6 Å². The minimum atomic E-state index is -0.787. The summed E-state index contributed by atoms with van der Waals surface area (Å²) in [7, 11) is 0. The van der Waals surface area contributed by atoms with E-state index >= 15 is 0 Å². The van der Waals surface area contributed by atoms with Crippen molar-refractivity contribution in [2.45, 2.75) is 19.3 Å².